The van der Waals surface area contributed by atoms with Gasteiger partial charge in [-0.15, -0.1) is 0 Å². The molecule has 5 nitrogen and oxygen atoms in total. The van der Waals surface area contributed by atoms with Crippen LogP contribution in [0.4, 0.5) is 0 Å². The van der Waals surface area contributed by atoms with Crippen LogP contribution in [-0.4, -0.2) is 50.6 Å². The van der Waals surface area contributed by atoms with E-state index in [-0.39, 0.29) is 18.2 Å². The molecule has 0 aliphatic heterocycles. The zero-order valence-corrected chi connectivity index (χ0v) is 13.2. The average molecular weight is 287 g/mol. The maximum absolute atomic E-state index is 12.3. The first kappa shape index (κ1) is 17.4. The molecule has 1 N–H and O–H groups in total. The van der Waals surface area contributed by atoms with Crippen molar-refractivity contribution in [1.82, 2.24) is 5.32 Å². The van der Waals surface area contributed by atoms with Crippen LogP contribution in [0.2, 0.25) is 0 Å². The van der Waals surface area contributed by atoms with Crippen molar-refractivity contribution in [2.45, 2.75) is 64.2 Å². The Kier molecular flexibility index (Phi) is 7.48. The minimum Gasteiger partial charge on any atom is -0.465 e. The number of ether oxygens (including phenoxy) is 3. The Morgan fingerprint density at radius 2 is 2.20 bits per heavy atom. The summed E-state index contributed by atoms with van der Waals surface area (Å²) in [5, 5.41) is 3.38. The van der Waals surface area contributed by atoms with Gasteiger partial charge in [0.25, 0.3) is 0 Å². The molecule has 1 aliphatic rings. The van der Waals surface area contributed by atoms with E-state index in [1.165, 1.54) is 0 Å². The minimum absolute atomic E-state index is 0.0502. The maximum atomic E-state index is 12.3. The standard InChI is InChI=1S/C15H29NO4/c1-5-9-16-15(14(17)19-6-2)8-7-13(10-15)20-12(3)11-18-4/h12-13,16H,5-11H2,1-4H3. The molecule has 0 aromatic carbocycles. The smallest absolute Gasteiger partial charge is 0.326 e. The van der Waals surface area contributed by atoms with Gasteiger partial charge in [0, 0.05) is 13.5 Å². The van der Waals surface area contributed by atoms with E-state index in [1.807, 2.05) is 13.8 Å². The molecule has 0 amide bonds. The number of rotatable bonds is 9. The number of nitrogens with one attached hydrogen (secondary N) is 1. The summed E-state index contributed by atoms with van der Waals surface area (Å²) in [5.74, 6) is -0.140. The highest BCUT2D eigenvalue weighted by Crippen LogP contribution is 2.34. The Balaban J connectivity index is 2.61. The highest BCUT2D eigenvalue weighted by atomic mass is 16.5. The van der Waals surface area contributed by atoms with E-state index in [1.54, 1.807) is 7.11 Å². The highest BCUT2D eigenvalue weighted by Gasteiger charge is 2.46. The van der Waals surface area contributed by atoms with E-state index >= 15 is 0 Å². The van der Waals surface area contributed by atoms with Crippen LogP contribution in [0.1, 0.15) is 46.5 Å². The summed E-state index contributed by atoms with van der Waals surface area (Å²) in [4.78, 5) is 12.3. The molecular formula is C15H29NO4. The van der Waals surface area contributed by atoms with Gasteiger partial charge in [-0.3, -0.25) is 4.79 Å². The van der Waals surface area contributed by atoms with E-state index in [9.17, 15) is 4.79 Å². The number of carbonyl (C=O) groups is 1. The molecule has 1 saturated carbocycles. The van der Waals surface area contributed by atoms with Crippen LogP contribution in [0.5, 0.6) is 0 Å². The summed E-state index contributed by atoms with van der Waals surface area (Å²) in [6.07, 6.45) is 3.47. The van der Waals surface area contributed by atoms with E-state index < -0.39 is 5.54 Å². The summed E-state index contributed by atoms with van der Waals surface area (Å²) in [5.41, 5.74) is -0.566. The van der Waals surface area contributed by atoms with Gasteiger partial charge in [0.05, 0.1) is 25.4 Å². The minimum atomic E-state index is -0.566. The molecule has 0 radical (unpaired) electrons. The Morgan fingerprint density at radius 3 is 2.80 bits per heavy atom. The maximum Gasteiger partial charge on any atom is 0.326 e. The number of carbonyl (C=O) groups excluding carboxylic acids is 1. The summed E-state index contributed by atoms with van der Waals surface area (Å²) < 4.78 is 16.3. The first-order chi connectivity index (χ1) is 9.57. The van der Waals surface area contributed by atoms with Gasteiger partial charge in [0.15, 0.2) is 0 Å². The molecular weight excluding hydrogens is 258 g/mol. The predicted molar refractivity (Wildman–Crippen MR) is 77.7 cm³/mol. The van der Waals surface area contributed by atoms with Crippen molar-refractivity contribution in [3.63, 3.8) is 0 Å². The van der Waals surface area contributed by atoms with E-state index in [2.05, 4.69) is 12.2 Å². The van der Waals surface area contributed by atoms with Crippen LogP contribution >= 0.6 is 0 Å². The first-order valence-corrected chi connectivity index (χ1v) is 7.64. The zero-order valence-electron chi connectivity index (χ0n) is 13.2. The highest BCUT2D eigenvalue weighted by molar-refractivity contribution is 5.81. The number of esters is 1. The summed E-state index contributed by atoms with van der Waals surface area (Å²) in [7, 11) is 1.67. The molecule has 0 saturated heterocycles. The van der Waals surface area contributed by atoms with Gasteiger partial charge in [0.1, 0.15) is 5.54 Å². The number of hydrogen-bond acceptors (Lipinski definition) is 5. The molecule has 118 valence electrons. The van der Waals surface area contributed by atoms with Gasteiger partial charge in [-0.05, 0) is 39.7 Å². The molecule has 20 heavy (non-hydrogen) atoms. The molecule has 1 aliphatic carbocycles. The van der Waals surface area contributed by atoms with Crippen molar-refractivity contribution < 1.29 is 19.0 Å². The largest absolute Gasteiger partial charge is 0.465 e. The molecule has 0 bridgehead atoms. The van der Waals surface area contributed by atoms with Crippen molar-refractivity contribution in [3.8, 4) is 0 Å². The monoisotopic (exact) mass is 287 g/mol. The number of methoxy groups -OCH3 is 1. The fourth-order valence-electron chi connectivity index (χ4n) is 2.77. The third-order valence-corrected chi connectivity index (χ3v) is 3.67. The van der Waals surface area contributed by atoms with Crippen molar-refractivity contribution in [2.75, 3.05) is 26.9 Å². The topological polar surface area (TPSA) is 56.8 Å². The van der Waals surface area contributed by atoms with Gasteiger partial charge in [-0.1, -0.05) is 6.92 Å². The lowest BCUT2D eigenvalue weighted by Gasteiger charge is -2.28. The Morgan fingerprint density at radius 1 is 1.45 bits per heavy atom. The summed E-state index contributed by atoms with van der Waals surface area (Å²) in [6.45, 7) is 7.74. The molecule has 1 rings (SSSR count). The van der Waals surface area contributed by atoms with Gasteiger partial charge >= 0.3 is 5.97 Å². The summed E-state index contributed by atoms with van der Waals surface area (Å²) >= 11 is 0. The molecule has 1 fully saturated rings. The molecule has 0 aromatic rings. The fourth-order valence-corrected chi connectivity index (χ4v) is 2.77. The van der Waals surface area contributed by atoms with Crippen LogP contribution < -0.4 is 5.32 Å². The van der Waals surface area contributed by atoms with Crippen LogP contribution in [0.3, 0.4) is 0 Å². The number of hydrogen-bond donors (Lipinski definition) is 1. The molecule has 3 atom stereocenters. The second-order valence-corrected chi connectivity index (χ2v) is 5.50. The van der Waals surface area contributed by atoms with E-state index in [4.69, 9.17) is 14.2 Å². The van der Waals surface area contributed by atoms with Gasteiger partial charge in [-0.2, -0.15) is 0 Å². The zero-order chi connectivity index (χ0) is 15.0. The second kappa shape index (κ2) is 8.60. The Labute approximate surface area is 122 Å². The van der Waals surface area contributed by atoms with Crippen LogP contribution in [0.25, 0.3) is 0 Å². The van der Waals surface area contributed by atoms with Gasteiger partial charge in [-0.25, -0.2) is 0 Å². The first-order valence-electron chi connectivity index (χ1n) is 7.64. The van der Waals surface area contributed by atoms with Crippen molar-refractivity contribution >= 4 is 5.97 Å². The van der Waals surface area contributed by atoms with E-state index in [0.717, 1.165) is 25.8 Å². The average Bonchev–Trinajstić information content (AvgIpc) is 2.81. The molecule has 5 heteroatoms. The van der Waals surface area contributed by atoms with Crippen molar-refractivity contribution in [1.29, 1.82) is 0 Å². The van der Waals surface area contributed by atoms with E-state index in [0.29, 0.717) is 19.6 Å². The molecule has 3 unspecified atom stereocenters. The van der Waals surface area contributed by atoms with Crippen LogP contribution in [0.15, 0.2) is 0 Å². The lowest BCUT2D eigenvalue weighted by Crippen LogP contribution is -2.51. The molecule has 0 aromatic heterocycles. The third kappa shape index (κ3) is 4.72. The van der Waals surface area contributed by atoms with Crippen molar-refractivity contribution in [3.05, 3.63) is 0 Å². The third-order valence-electron chi connectivity index (χ3n) is 3.67. The lowest BCUT2D eigenvalue weighted by molar-refractivity contribution is -0.151. The Hall–Kier alpha value is -0.650. The van der Waals surface area contributed by atoms with Crippen LogP contribution in [0, 0.1) is 0 Å². The van der Waals surface area contributed by atoms with Crippen LogP contribution in [-0.2, 0) is 19.0 Å². The Bertz CT molecular complexity index is 298. The van der Waals surface area contributed by atoms with Gasteiger partial charge < -0.3 is 19.5 Å². The lowest BCUT2D eigenvalue weighted by atomic mass is 9.97. The van der Waals surface area contributed by atoms with Crippen molar-refractivity contribution in [2.24, 2.45) is 0 Å². The quantitative estimate of drug-likeness (QED) is 0.656. The molecule has 0 heterocycles. The SMILES string of the molecule is CCCNC1(C(=O)OCC)CCC(OC(C)COC)C1. The predicted octanol–water partition coefficient (Wildman–Crippen LogP) is 1.89. The van der Waals surface area contributed by atoms with Gasteiger partial charge in [0.2, 0.25) is 0 Å². The normalized spacial score (nSPS) is 27.5. The second-order valence-electron chi connectivity index (χ2n) is 5.50. The molecule has 0 spiro atoms. The summed E-state index contributed by atoms with van der Waals surface area (Å²) in [6, 6.07) is 0. The fraction of sp³-hybridized carbons (Fsp3) is 0.933.